The molecule has 5 heteroatoms. The first-order valence-corrected chi connectivity index (χ1v) is 7.40. The lowest BCUT2D eigenvalue weighted by molar-refractivity contribution is 0.607. The molecule has 1 aromatic carbocycles. The van der Waals surface area contributed by atoms with E-state index in [0.717, 1.165) is 17.9 Å². The molecule has 19 heavy (non-hydrogen) atoms. The Balaban J connectivity index is 2.02. The summed E-state index contributed by atoms with van der Waals surface area (Å²) in [6.45, 7) is 5.08. The summed E-state index contributed by atoms with van der Waals surface area (Å²) in [4.78, 5) is 1.30. The van der Waals surface area contributed by atoms with E-state index in [2.05, 4.69) is 48.6 Å². The molecule has 0 fully saturated rings. The Hall–Kier alpha value is -1.30. The second-order valence-corrected chi connectivity index (χ2v) is 5.49. The van der Waals surface area contributed by atoms with Gasteiger partial charge in [0.25, 0.3) is 0 Å². The lowest BCUT2D eigenvalue weighted by Crippen LogP contribution is -2.29. The molecule has 1 atom stereocenters. The summed E-state index contributed by atoms with van der Waals surface area (Å²) in [5.41, 5.74) is 5.30. The highest BCUT2D eigenvalue weighted by molar-refractivity contribution is 7.99. The zero-order valence-electron chi connectivity index (χ0n) is 11.3. The Morgan fingerprint density at radius 2 is 2.21 bits per heavy atom. The average molecular weight is 276 g/mol. The van der Waals surface area contributed by atoms with E-state index in [1.807, 2.05) is 28.8 Å². The SMILES string of the molecule is CCn1cc(C(CSc2ccccc2C)NN)cn1. The second-order valence-electron chi connectivity index (χ2n) is 4.43. The normalized spacial score (nSPS) is 12.6. The third-order valence-corrected chi connectivity index (χ3v) is 4.35. The fraction of sp³-hybridized carbons (Fsp3) is 0.357. The van der Waals surface area contributed by atoms with Crippen molar-refractivity contribution in [3.05, 3.63) is 47.8 Å². The number of rotatable bonds is 6. The minimum Gasteiger partial charge on any atom is -0.273 e. The molecule has 0 bridgehead atoms. The highest BCUT2D eigenvalue weighted by atomic mass is 32.2. The van der Waals surface area contributed by atoms with E-state index in [-0.39, 0.29) is 6.04 Å². The number of nitrogens with two attached hydrogens (primary N) is 1. The molecular formula is C14H20N4S. The van der Waals surface area contributed by atoms with Crippen molar-refractivity contribution in [1.29, 1.82) is 0 Å². The first kappa shape index (κ1) is 14.1. The molecule has 0 spiro atoms. The van der Waals surface area contributed by atoms with E-state index in [9.17, 15) is 0 Å². The molecule has 0 aliphatic rings. The summed E-state index contributed by atoms with van der Waals surface area (Å²) in [6.07, 6.45) is 3.93. The molecule has 4 nitrogen and oxygen atoms in total. The number of nitrogens with zero attached hydrogens (tertiary/aromatic N) is 2. The summed E-state index contributed by atoms with van der Waals surface area (Å²) in [5, 5.41) is 4.29. The minimum absolute atomic E-state index is 0.116. The van der Waals surface area contributed by atoms with Gasteiger partial charge in [-0.3, -0.25) is 16.0 Å². The first-order valence-electron chi connectivity index (χ1n) is 6.41. The molecule has 0 amide bonds. The fourth-order valence-corrected chi connectivity index (χ4v) is 2.97. The van der Waals surface area contributed by atoms with Crippen LogP contribution in [0.1, 0.15) is 24.1 Å². The van der Waals surface area contributed by atoms with Crippen molar-refractivity contribution >= 4 is 11.8 Å². The lowest BCUT2D eigenvalue weighted by Gasteiger charge is -2.14. The van der Waals surface area contributed by atoms with Crippen LogP contribution in [-0.4, -0.2) is 15.5 Å². The van der Waals surface area contributed by atoms with Gasteiger partial charge in [-0.15, -0.1) is 11.8 Å². The molecule has 102 valence electrons. The van der Waals surface area contributed by atoms with E-state index in [0.29, 0.717) is 0 Å². The maximum absolute atomic E-state index is 5.66. The van der Waals surface area contributed by atoms with Crippen molar-refractivity contribution in [3.63, 3.8) is 0 Å². The van der Waals surface area contributed by atoms with Crippen LogP contribution < -0.4 is 11.3 Å². The highest BCUT2D eigenvalue weighted by Crippen LogP contribution is 2.26. The van der Waals surface area contributed by atoms with E-state index < -0.39 is 0 Å². The predicted molar refractivity (Wildman–Crippen MR) is 79.9 cm³/mol. The summed E-state index contributed by atoms with van der Waals surface area (Å²) in [7, 11) is 0. The quantitative estimate of drug-likeness (QED) is 0.483. The van der Waals surface area contributed by atoms with E-state index in [1.165, 1.54) is 10.5 Å². The van der Waals surface area contributed by atoms with Gasteiger partial charge in [0.1, 0.15) is 0 Å². The van der Waals surface area contributed by atoms with Crippen molar-refractivity contribution in [1.82, 2.24) is 15.2 Å². The molecule has 2 rings (SSSR count). The average Bonchev–Trinajstić information content (AvgIpc) is 2.90. The van der Waals surface area contributed by atoms with Crippen LogP contribution in [0.4, 0.5) is 0 Å². The molecular weight excluding hydrogens is 256 g/mol. The largest absolute Gasteiger partial charge is 0.273 e. The monoisotopic (exact) mass is 276 g/mol. The van der Waals surface area contributed by atoms with Crippen LogP contribution in [-0.2, 0) is 6.54 Å². The molecule has 2 aromatic rings. The van der Waals surface area contributed by atoms with Gasteiger partial charge in [0, 0.05) is 29.0 Å². The van der Waals surface area contributed by atoms with Crippen molar-refractivity contribution in [2.45, 2.75) is 31.3 Å². The number of hydrogen-bond donors (Lipinski definition) is 2. The third kappa shape index (κ3) is 3.59. The maximum atomic E-state index is 5.66. The van der Waals surface area contributed by atoms with Crippen LogP contribution in [0.15, 0.2) is 41.6 Å². The summed E-state index contributed by atoms with van der Waals surface area (Å²) in [5.74, 6) is 6.54. The zero-order valence-corrected chi connectivity index (χ0v) is 12.2. The summed E-state index contributed by atoms with van der Waals surface area (Å²) >= 11 is 1.81. The number of hydrogen-bond acceptors (Lipinski definition) is 4. The second kappa shape index (κ2) is 6.75. The first-order chi connectivity index (χ1) is 9.24. The predicted octanol–water partition coefficient (Wildman–Crippen LogP) is 2.51. The smallest absolute Gasteiger partial charge is 0.0584 e. The Bertz CT molecular complexity index is 524. The number of thioether (sulfide) groups is 1. The molecule has 1 heterocycles. The van der Waals surface area contributed by atoms with Gasteiger partial charge in [-0.05, 0) is 25.5 Å². The van der Waals surface area contributed by atoms with Crippen LogP contribution in [0.5, 0.6) is 0 Å². The highest BCUT2D eigenvalue weighted by Gasteiger charge is 2.12. The fourth-order valence-electron chi connectivity index (χ4n) is 1.86. The zero-order chi connectivity index (χ0) is 13.7. The molecule has 0 aliphatic carbocycles. The van der Waals surface area contributed by atoms with Crippen LogP contribution in [0.2, 0.25) is 0 Å². The van der Waals surface area contributed by atoms with Crippen LogP contribution >= 0.6 is 11.8 Å². The van der Waals surface area contributed by atoms with Gasteiger partial charge < -0.3 is 0 Å². The lowest BCUT2D eigenvalue weighted by atomic mass is 10.2. The summed E-state index contributed by atoms with van der Waals surface area (Å²) in [6, 6.07) is 8.51. The van der Waals surface area contributed by atoms with Gasteiger partial charge in [-0.1, -0.05) is 18.2 Å². The Morgan fingerprint density at radius 3 is 2.84 bits per heavy atom. The van der Waals surface area contributed by atoms with Gasteiger partial charge in [0.2, 0.25) is 0 Å². The van der Waals surface area contributed by atoms with Crippen LogP contribution in [0, 0.1) is 6.92 Å². The van der Waals surface area contributed by atoms with E-state index in [1.54, 1.807) is 0 Å². The summed E-state index contributed by atoms with van der Waals surface area (Å²) < 4.78 is 1.91. The molecule has 1 unspecified atom stereocenters. The standard InChI is InChI=1S/C14H20N4S/c1-3-18-9-12(8-16-18)13(17-15)10-19-14-7-5-4-6-11(14)2/h4-9,13,17H,3,10,15H2,1-2H3. The topological polar surface area (TPSA) is 55.9 Å². The van der Waals surface area contributed by atoms with Gasteiger partial charge in [0.15, 0.2) is 0 Å². The Kier molecular flexibility index (Phi) is 5.01. The van der Waals surface area contributed by atoms with Crippen LogP contribution in [0.25, 0.3) is 0 Å². The molecule has 1 aromatic heterocycles. The van der Waals surface area contributed by atoms with Gasteiger partial charge in [-0.2, -0.15) is 5.10 Å². The number of nitrogens with one attached hydrogen (secondary N) is 1. The maximum Gasteiger partial charge on any atom is 0.0584 e. The van der Waals surface area contributed by atoms with Crippen LogP contribution in [0.3, 0.4) is 0 Å². The molecule has 3 N–H and O–H groups in total. The molecule has 0 aliphatic heterocycles. The Morgan fingerprint density at radius 1 is 1.42 bits per heavy atom. The van der Waals surface area contributed by atoms with Crippen molar-refractivity contribution < 1.29 is 0 Å². The molecule has 0 saturated heterocycles. The van der Waals surface area contributed by atoms with Gasteiger partial charge in [-0.25, -0.2) is 0 Å². The molecule has 0 saturated carbocycles. The van der Waals surface area contributed by atoms with Crippen molar-refractivity contribution in [3.8, 4) is 0 Å². The number of hydrazine groups is 1. The third-order valence-electron chi connectivity index (χ3n) is 3.08. The molecule has 0 radical (unpaired) electrons. The van der Waals surface area contributed by atoms with Gasteiger partial charge >= 0.3 is 0 Å². The Labute approximate surface area is 118 Å². The number of aryl methyl sites for hydroxylation is 2. The number of benzene rings is 1. The van der Waals surface area contributed by atoms with E-state index >= 15 is 0 Å². The van der Waals surface area contributed by atoms with E-state index in [4.69, 9.17) is 5.84 Å². The van der Waals surface area contributed by atoms with Gasteiger partial charge in [0.05, 0.1) is 12.2 Å². The van der Waals surface area contributed by atoms with Crippen molar-refractivity contribution in [2.75, 3.05) is 5.75 Å². The number of aromatic nitrogens is 2. The van der Waals surface area contributed by atoms with Crippen molar-refractivity contribution in [2.24, 2.45) is 5.84 Å². The minimum atomic E-state index is 0.116.